The van der Waals surface area contributed by atoms with Crippen LogP contribution in [0.4, 0.5) is 0 Å². The van der Waals surface area contributed by atoms with Gasteiger partial charge in [-0.3, -0.25) is 0 Å². The van der Waals surface area contributed by atoms with Gasteiger partial charge in [0, 0.05) is 5.16 Å². The molecule has 0 aliphatic carbocycles. The molecule has 1 atom stereocenters. The largest absolute Gasteiger partial charge is 0.471 e. The van der Waals surface area contributed by atoms with Crippen molar-refractivity contribution in [1.29, 1.82) is 0 Å². The molecule has 0 aliphatic heterocycles. The first-order valence-corrected chi connectivity index (χ1v) is 26.7. The zero-order chi connectivity index (χ0) is 21.0. The van der Waals surface area contributed by atoms with E-state index in [1.54, 1.807) is 0 Å². The Morgan fingerprint density at radius 1 is 0.692 bits per heavy atom. The van der Waals surface area contributed by atoms with E-state index in [1.165, 1.54) is 12.5 Å². The highest BCUT2D eigenvalue weighted by Gasteiger charge is 2.59. The van der Waals surface area contributed by atoms with E-state index >= 15 is 0 Å². The van der Waals surface area contributed by atoms with Crippen LogP contribution >= 0.6 is 0 Å². The average molecular weight is 471 g/mol. The molecular weight excluding hydrogens is 425 g/mol. The van der Waals surface area contributed by atoms with Crippen molar-refractivity contribution in [2.45, 2.75) is 103 Å². The molecule has 0 bridgehead atoms. The fraction of sp³-hybridized carbons (Fsp3) is 1.00. The Bertz CT molecular complexity index is 385. The van der Waals surface area contributed by atoms with Gasteiger partial charge in [0.15, 0.2) is 33.3 Å². The SMILES string of the molecule is CCC[SiH2]O[Si](C)(C)C(C)[Si](O[Si](C)(C)C)(O[Si](C)(C)C)O[Si](C)(C)C. The highest BCUT2D eigenvalue weighted by Crippen LogP contribution is 2.40. The van der Waals surface area contributed by atoms with Crippen molar-refractivity contribution in [3.05, 3.63) is 0 Å². The van der Waals surface area contributed by atoms with E-state index in [0.717, 1.165) is 0 Å². The molecule has 0 N–H and O–H groups in total. The summed E-state index contributed by atoms with van der Waals surface area (Å²) in [5, 5.41) is 0.254. The predicted octanol–water partition coefficient (Wildman–Crippen LogP) is 5.54. The van der Waals surface area contributed by atoms with Crippen LogP contribution in [0.5, 0.6) is 0 Å². The lowest BCUT2D eigenvalue weighted by Crippen LogP contribution is -2.67. The third-order valence-corrected chi connectivity index (χ3v) is 25.7. The van der Waals surface area contributed by atoms with Crippen molar-refractivity contribution >= 4 is 51.8 Å². The molecule has 0 saturated carbocycles. The summed E-state index contributed by atoms with van der Waals surface area (Å²) in [6.07, 6.45) is 1.22. The van der Waals surface area contributed by atoms with Gasteiger partial charge in [-0.1, -0.05) is 20.3 Å². The van der Waals surface area contributed by atoms with E-state index in [2.05, 4.69) is 85.9 Å². The molecule has 0 aromatic rings. The zero-order valence-electron chi connectivity index (χ0n) is 19.8. The van der Waals surface area contributed by atoms with E-state index in [1.807, 2.05) is 0 Å². The monoisotopic (exact) mass is 470 g/mol. The molecule has 1 unspecified atom stereocenters. The molecule has 0 radical (unpaired) electrons. The Morgan fingerprint density at radius 3 is 1.31 bits per heavy atom. The molecule has 158 valence electrons. The summed E-state index contributed by atoms with van der Waals surface area (Å²) in [5.74, 6) is 0. The van der Waals surface area contributed by atoms with Crippen LogP contribution in [0.3, 0.4) is 0 Å². The van der Waals surface area contributed by atoms with Crippen molar-refractivity contribution in [3.63, 3.8) is 0 Å². The minimum absolute atomic E-state index is 0.254. The molecule has 0 rings (SSSR count). The lowest BCUT2D eigenvalue weighted by Gasteiger charge is -2.49. The summed E-state index contributed by atoms with van der Waals surface area (Å²) in [6, 6.07) is 1.25. The molecule has 0 heterocycles. The molecule has 0 aliphatic rings. The van der Waals surface area contributed by atoms with Crippen LogP contribution < -0.4 is 0 Å². The first-order valence-electron chi connectivity index (χ1n) is 10.1. The molecule has 0 spiro atoms. The van der Waals surface area contributed by atoms with Gasteiger partial charge in [-0.15, -0.1) is 0 Å². The van der Waals surface area contributed by atoms with Crippen molar-refractivity contribution < 1.29 is 16.5 Å². The Labute approximate surface area is 171 Å². The second kappa shape index (κ2) is 9.76. The Balaban J connectivity index is 6.03. The van der Waals surface area contributed by atoms with Crippen LogP contribution in [0, 0.1) is 0 Å². The van der Waals surface area contributed by atoms with Crippen LogP contribution in [0.15, 0.2) is 0 Å². The number of hydrogen-bond acceptors (Lipinski definition) is 4. The molecule has 0 saturated heterocycles. The standard InChI is InChI=1S/C16H46O4Si6/c1-14-15-21-17-25(12,13)16(2)26(18-22(3,4)5,19-23(6,7)8)20-24(9,10)11/h16H,14-15,21H2,1-13H3. The number of rotatable bonds is 12. The van der Waals surface area contributed by atoms with Gasteiger partial charge in [0.05, 0.1) is 0 Å². The minimum atomic E-state index is -2.86. The first-order chi connectivity index (χ1) is 11.3. The molecular formula is C16H46O4Si6. The molecule has 0 fully saturated rings. The lowest BCUT2D eigenvalue weighted by molar-refractivity contribution is 0.245. The number of hydrogen-bond donors (Lipinski definition) is 0. The maximum absolute atomic E-state index is 6.90. The third kappa shape index (κ3) is 10.6. The van der Waals surface area contributed by atoms with Gasteiger partial charge in [0.1, 0.15) is 9.76 Å². The van der Waals surface area contributed by atoms with Crippen molar-refractivity contribution in [2.75, 3.05) is 0 Å². The van der Waals surface area contributed by atoms with Crippen LogP contribution in [-0.2, 0) is 16.5 Å². The summed E-state index contributed by atoms with van der Waals surface area (Å²) in [7, 11) is -10.8. The van der Waals surface area contributed by atoms with E-state index in [9.17, 15) is 0 Å². The highest BCUT2D eigenvalue weighted by atomic mass is 28.5. The maximum Gasteiger partial charge on any atom is 0.471 e. The summed E-state index contributed by atoms with van der Waals surface area (Å²) in [4.78, 5) is 0. The van der Waals surface area contributed by atoms with Crippen molar-refractivity contribution in [3.8, 4) is 0 Å². The topological polar surface area (TPSA) is 36.9 Å². The fourth-order valence-electron chi connectivity index (χ4n) is 2.64. The summed E-state index contributed by atoms with van der Waals surface area (Å²) < 4.78 is 27.3. The molecule has 0 aromatic heterocycles. The molecule has 26 heavy (non-hydrogen) atoms. The molecule has 0 amide bonds. The summed E-state index contributed by atoms with van der Waals surface area (Å²) in [5.41, 5.74) is 0. The Morgan fingerprint density at radius 2 is 1.04 bits per heavy atom. The average Bonchev–Trinajstić information content (AvgIpc) is 2.31. The van der Waals surface area contributed by atoms with Crippen LogP contribution in [0.25, 0.3) is 0 Å². The van der Waals surface area contributed by atoms with Gasteiger partial charge in [0.2, 0.25) is 0 Å². The van der Waals surface area contributed by atoms with Gasteiger partial charge >= 0.3 is 8.80 Å². The minimum Gasteiger partial charge on any atom is -0.460 e. The first kappa shape index (κ1) is 27.1. The fourth-order valence-corrected chi connectivity index (χ4v) is 26.3. The van der Waals surface area contributed by atoms with Gasteiger partial charge < -0.3 is 16.5 Å². The normalized spacial score (nSPS) is 16.5. The summed E-state index contributed by atoms with van der Waals surface area (Å²) >= 11 is 0. The molecule has 4 nitrogen and oxygen atoms in total. The van der Waals surface area contributed by atoms with Crippen LogP contribution in [0.2, 0.25) is 83.2 Å². The van der Waals surface area contributed by atoms with Crippen molar-refractivity contribution in [1.82, 2.24) is 0 Å². The Kier molecular flexibility index (Phi) is 10.2. The predicted molar refractivity (Wildman–Crippen MR) is 131 cm³/mol. The van der Waals surface area contributed by atoms with E-state index in [-0.39, 0.29) is 5.16 Å². The maximum atomic E-state index is 6.90. The van der Waals surface area contributed by atoms with Crippen molar-refractivity contribution in [2.24, 2.45) is 0 Å². The van der Waals surface area contributed by atoms with Gasteiger partial charge in [-0.2, -0.15) is 0 Å². The quantitative estimate of drug-likeness (QED) is 0.277. The van der Waals surface area contributed by atoms with Crippen LogP contribution in [-0.4, -0.2) is 51.8 Å². The lowest BCUT2D eigenvalue weighted by atomic mass is 10.6. The second-order valence-electron chi connectivity index (χ2n) is 10.8. The van der Waals surface area contributed by atoms with Gasteiger partial charge in [-0.05, 0) is 78.1 Å². The smallest absolute Gasteiger partial charge is 0.460 e. The van der Waals surface area contributed by atoms with E-state index in [4.69, 9.17) is 16.5 Å². The van der Waals surface area contributed by atoms with E-state index in [0.29, 0.717) is 0 Å². The second-order valence-corrected chi connectivity index (χ2v) is 34.9. The van der Waals surface area contributed by atoms with E-state index < -0.39 is 51.8 Å². The molecule has 0 aromatic carbocycles. The molecule has 10 heteroatoms. The summed E-state index contributed by atoms with van der Waals surface area (Å²) in [6.45, 7) is 29.5. The van der Waals surface area contributed by atoms with Crippen LogP contribution in [0.1, 0.15) is 20.3 Å². The highest BCUT2D eigenvalue weighted by molar-refractivity contribution is 6.98. The van der Waals surface area contributed by atoms with Gasteiger partial charge in [0.25, 0.3) is 0 Å². The zero-order valence-corrected chi connectivity index (χ0v) is 26.2. The van der Waals surface area contributed by atoms with Gasteiger partial charge in [-0.25, -0.2) is 0 Å². The Hall–Kier alpha value is 1.14. The third-order valence-electron chi connectivity index (χ3n) is 3.89.